The third-order valence-corrected chi connectivity index (χ3v) is 6.18. The van der Waals surface area contributed by atoms with E-state index in [0.717, 1.165) is 54.1 Å². The first kappa shape index (κ1) is 18.9. The van der Waals surface area contributed by atoms with Crippen LogP contribution in [0.1, 0.15) is 24.3 Å². The number of H-pyrrole nitrogens is 2. The number of piperidine rings is 1. The fourth-order valence-electron chi connectivity index (χ4n) is 4.59. The van der Waals surface area contributed by atoms with Crippen molar-refractivity contribution in [3.8, 4) is 28.5 Å². The number of aromatic amines is 2. The van der Waals surface area contributed by atoms with Gasteiger partial charge in [0.25, 0.3) is 0 Å². The molecule has 0 spiro atoms. The Morgan fingerprint density at radius 2 is 1.84 bits per heavy atom. The van der Waals surface area contributed by atoms with Gasteiger partial charge >= 0.3 is 0 Å². The summed E-state index contributed by atoms with van der Waals surface area (Å²) < 4.78 is 13.9. The smallest absolute Gasteiger partial charge is 0.159 e. The molecule has 1 saturated heterocycles. The highest BCUT2D eigenvalue weighted by Crippen LogP contribution is 2.34. The van der Waals surface area contributed by atoms with Crippen LogP contribution in [-0.2, 0) is 0 Å². The lowest BCUT2D eigenvalue weighted by molar-refractivity contribution is 0.460. The van der Waals surface area contributed by atoms with Gasteiger partial charge in [-0.2, -0.15) is 5.10 Å². The molecule has 0 amide bonds. The number of fused-ring (bicyclic) bond motifs is 2. The van der Waals surface area contributed by atoms with E-state index in [2.05, 4.69) is 43.7 Å². The molecular weight excluding hydrogens is 407 g/mol. The van der Waals surface area contributed by atoms with Crippen LogP contribution in [0.15, 0.2) is 48.7 Å². The summed E-state index contributed by atoms with van der Waals surface area (Å²) in [5.74, 6) is 0.468. The van der Waals surface area contributed by atoms with Gasteiger partial charge in [0, 0.05) is 23.2 Å². The lowest BCUT2D eigenvalue weighted by Gasteiger charge is -2.23. The van der Waals surface area contributed by atoms with Crippen molar-refractivity contribution in [2.75, 3.05) is 13.1 Å². The molecule has 5 aromatic rings. The molecule has 0 unspecified atom stereocenters. The molecule has 1 aliphatic rings. The molecule has 1 aliphatic heterocycles. The first-order valence-corrected chi connectivity index (χ1v) is 10.7. The molecule has 8 heteroatoms. The lowest BCUT2D eigenvalue weighted by Crippen LogP contribution is -2.26. The number of halogens is 1. The third-order valence-electron chi connectivity index (χ3n) is 6.18. The molecule has 0 radical (unpaired) electrons. The maximum atomic E-state index is 13.9. The number of rotatable bonds is 3. The van der Waals surface area contributed by atoms with E-state index >= 15 is 0 Å². The van der Waals surface area contributed by atoms with Crippen molar-refractivity contribution in [2.24, 2.45) is 0 Å². The topological polar surface area (TPSA) is 103 Å². The number of hydrogen-bond donors (Lipinski definition) is 4. The zero-order valence-corrected chi connectivity index (χ0v) is 17.2. The molecule has 160 valence electrons. The summed E-state index contributed by atoms with van der Waals surface area (Å²) in [5, 5.41) is 21.9. The monoisotopic (exact) mass is 428 g/mol. The largest absolute Gasteiger partial charge is 0.508 e. The summed E-state index contributed by atoms with van der Waals surface area (Å²) in [6, 6.07) is 12.2. The second-order valence-electron chi connectivity index (χ2n) is 8.24. The third kappa shape index (κ3) is 3.20. The second kappa shape index (κ2) is 7.42. The summed E-state index contributed by atoms with van der Waals surface area (Å²) >= 11 is 0. The number of nitrogens with one attached hydrogen (secondary N) is 3. The molecule has 0 atom stereocenters. The Bertz CT molecular complexity index is 1430. The van der Waals surface area contributed by atoms with Crippen LogP contribution < -0.4 is 5.32 Å². The first-order valence-electron chi connectivity index (χ1n) is 10.7. The average Bonchev–Trinajstić information content (AvgIpc) is 3.42. The second-order valence-corrected chi connectivity index (χ2v) is 8.24. The quantitative estimate of drug-likeness (QED) is 0.339. The van der Waals surface area contributed by atoms with Gasteiger partial charge in [-0.05, 0) is 67.7 Å². The number of hydrogen-bond acceptors (Lipinski definition) is 5. The van der Waals surface area contributed by atoms with Crippen molar-refractivity contribution in [1.29, 1.82) is 0 Å². The Kier molecular flexibility index (Phi) is 4.39. The minimum atomic E-state index is -0.529. The highest BCUT2D eigenvalue weighted by molar-refractivity contribution is 5.96. The number of aromatic hydroxyl groups is 1. The van der Waals surface area contributed by atoms with Crippen LogP contribution in [-0.4, -0.2) is 43.3 Å². The van der Waals surface area contributed by atoms with Gasteiger partial charge in [0.05, 0.1) is 16.7 Å². The van der Waals surface area contributed by atoms with E-state index in [4.69, 9.17) is 4.98 Å². The van der Waals surface area contributed by atoms with Crippen molar-refractivity contribution in [3.63, 3.8) is 0 Å². The first-order chi connectivity index (χ1) is 15.7. The van der Waals surface area contributed by atoms with E-state index < -0.39 is 5.82 Å². The molecule has 4 N–H and O–H groups in total. The van der Waals surface area contributed by atoms with Gasteiger partial charge in [-0.3, -0.25) is 10.1 Å². The van der Waals surface area contributed by atoms with E-state index in [9.17, 15) is 9.50 Å². The molecule has 1 fully saturated rings. The zero-order valence-electron chi connectivity index (χ0n) is 17.2. The van der Waals surface area contributed by atoms with Crippen LogP contribution in [0.3, 0.4) is 0 Å². The summed E-state index contributed by atoms with van der Waals surface area (Å²) in [5.41, 5.74) is 5.32. The summed E-state index contributed by atoms with van der Waals surface area (Å²) in [6.07, 6.45) is 3.89. The van der Waals surface area contributed by atoms with Gasteiger partial charge in [-0.25, -0.2) is 9.37 Å². The number of phenols is 1. The molecule has 0 saturated carbocycles. The van der Waals surface area contributed by atoms with Gasteiger partial charge < -0.3 is 15.4 Å². The Morgan fingerprint density at radius 3 is 2.69 bits per heavy atom. The molecule has 6 rings (SSSR count). The van der Waals surface area contributed by atoms with Crippen molar-refractivity contribution in [3.05, 3.63) is 60.0 Å². The average molecular weight is 428 g/mol. The number of benzene rings is 2. The van der Waals surface area contributed by atoms with E-state index in [-0.39, 0.29) is 5.75 Å². The minimum absolute atomic E-state index is 0.154. The highest BCUT2D eigenvalue weighted by Gasteiger charge is 2.19. The molecule has 2 aromatic carbocycles. The van der Waals surface area contributed by atoms with E-state index in [0.29, 0.717) is 28.5 Å². The van der Waals surface area contributed by atoms with E-state index in [1.165, 1.54) is 17.7 Å². The highest BCUT2D eigenvalue weighted by atomic mass is 19.1. The summed E-state index contributed by atoms with van der Waals surface area (Å²) in [7, 11) is 0. The van der Waals surface area contributed by atoms with Crippen LogP contribution in [0.4, 0.5) is 4.39 Å². The van der Waals surface area contributed by atoms with Crippen molar-refractivity contribution in [1.82, 2.24) is 30.5 Å². The molecule has 0 aliphatic carbocycles. The number of aromatic nitrogens is 5. The number of nitrogens with zero attached hydrogens (tertiary/aromatic N) is 3. The Labute approximate surface area is 182 Å². The molecule has 7 nitrogen and oxygen atoms in total. The van der Waals surface area contributed by atoms with Crippen LogP contribution in [0, 0.1) is 5.82 Å². The number of phenolic OH excluding ortho intramolecular Hbond substituents is 1. The predicted octanol–water partition coefficient (Wildman–Crippen LogP) is 4.48. The Balaban J connectivity index is 1.47. The fraction of sp³-hybridized carbons (Fsp3) is 0.208. The molecular formula is C24H21FN6O. The Hall–Kier alpha value is -3.78. The van der Waals surface area contributed by atoms with Gasteiger partial charge in [0.2, 0.25) is 0 Å². The van der Waals surface area contributed by atoms with Gasteiger partial charge in [0.1, 0.15) is 22.8 Å². The van der Waals surface area contributed by atoms with Crippen molar-refractivity contribution in [2.45, 2.75) is 18.8 Å². The lowest BCUT2D eigenvalue weighted by atomic mass is 9.89. The van der Waals surface area contributed by atoms with Gasteiger partial charge in [-0.15, -0.1) is 0 Å². The minimum Gasteiger partial charge on any atom is -0.508 e. The predicted molar refractivity (Wildman–Crippen MR) is 121 cm³/mol. The van der Waals surface area contributed by atoms with Crippen LogP contribution in [0.2, 0.25) is 0 Å². The van der Waals surface area contributed by atoms with Gasteiger partial charge in [0.15, 0.2) is 5.82 Å². The maximum absolute atomic E-state index is 13.9. The fourth-order valence-corrected chi connectivity index (χ4v) is 4.59. The summed E-state index contributed by atoms with van der Waals surface area (Å²) in [6.45, 7) is 2.08. The normalized spacial score (nSPS) is 15.0. The number of pyridine rings is 1. The molecule has 32 heavy (non-hydrogen) atoms. The van der Waals surface area contributed by atoms with Crippen molar-refractivity contribution < 1.29 is 9.50 Å². The van der Waals surface area contributed by atoms with Crippen molar-refractivity contribution >= 4 is 21.9 Å². The van der Waals surface area contributed by atoms with E-state index in [1.807, 2.05) is 6.07 Å². The van der Waals surface area contributed by atoms with Crippen LogP contribution in [0.5, 0.6) is 5.75 Å². The standard InChI is InChI=1S/C24H21FN6O/c25-16-9-15(10-17(32)12-16)21-23-20(5-8-27-21)28-24(29-23)22-18-11-14(1-2-19(18)30-31-22)13-3-6-26-7-4-13/h1-2,5,8-13,26,32H,3-4,6-7H2,(H,28,29)(H,30,31). The summed E-state index contributed by atoms with van der Waals surface area (Å²) in [4.78, 5) is 12.5. The molecule has 3 aromatic heterocycles. The SMILES string of the molecule is Oc1cc(F)cc(-c2nccc3[nH]c(-c4n[nH]c5ccc(C6CCNCC6)cc45)nc23)c1. The Morgan fingerprint density at radius 1 is 0.969 bits per heavy atom. The van der Waals surface area contributed by atoms with Crippen LogP contribution in [0.25, 0.3) is 44.7 Å². The molecule has 4 heterocycles. The maximum Gasteiger partial charge on any atom is 0.159 e. The van der Waals surface area contributed by atoms with E-state index in [1.54, 1.807) is 6.20 Å². The van der Waals surface area contributed by atoms with Crippen LogP contribution >= 0.6 is 0 Å². The zero-order chi connectivity index (χ0) is 21.7. The molecule has 0 bridgehead atoms. The van der Waals surface area contributed by atoms with Gasteiger partial charge in [-0.1, -0.05) is 6.07 Å². The number of imidazole rings is 1.